The molecule has 0 bridgehead atoms. The maximum atomic E-state index is 13.2. The number of ether oxygens (including phenoxy) is 1. The lowest BCUT2D eigenvalue weighted by molar-refractivity contribution is 0.403. The monoisotopic (exact) mass is 458 g/mol. The molecule has 0 saturated heterocycles. The van der Waals surface area contributed by atoms with E-state index in [2.05, 4.69) is 4.72 Å². The van der Waals surface area contributed by atoms with Crippen LogP contribution in [0.1, 0.15) is 12.0 Å². The third-order valence-corrected chi connectivity index (χ3v) is 8.35. The van der Waals surface area contributed by atoms with Crippen molar-refractivity contribution in [3.05, 3.63) is 78.4 Å². The minimum Gasteiger partial charge on any atom is -0.495 e. The standard InChI is InChI=1S/C22H22N2O5S2/c1-29-21-11-5-6-12-22(21)30(25,26)23-18-14-13-17-8-7-15-24(20(17)16-18)31(27,28)19-9-3-2-4-10-19/h2-6,9-14,16,23H,7-8,15H2,1H3. The molecule has 1 heterocycles. The fraction of sp³-hybridized carbons (Fsp3) is 0.182. The van der Waals surface area contributed by atoms with Crippen molar-refractivity contribution in [2.75, 3.05) is 22.7 Å². The van der Waals surface area contributed by atoms with E-state index in [0.29, 0.717) is 18.7 Å². The Labute approximate surface area is 182 Å². The molecule has 0 aliphatic carbocycles. The van der Waals surface area contributed by atoms with Gasteiger partial charge in [0, 0.05) is 6.54 Å². The molecule has 0 atom stereocenters. The zero-order valence-electron chi connectivity index (χ0n) is 16.9. The van der Waals surface area contributed by atoms with Gasteiger partial charge in [0.25, 0.3) is 20.0 Å². The van der Waals surface area contributed by atoms with Gasteiger partial charge in [-0.3, -0.25) is 9.03 Å². The Balaban J connectivity index is 1.72. The van der Waals surface area contributed by atoms with Crippen molar-refractivity contribution < 1.29 is 21.6 Å². The van der Waals surface area contributed by atoms with E-state index in [0.717, 1.165) is 12.0 Å². The van der Waals surface area contributed by atoms with Crippen LogP contribution in [-0.2, 0) is 26.5 Å². The molecule has 0 saturated carbocycles. The smallest absolute Gasteiger partial charge is 0.265 e. The zero-order chi connectivity index (χ0) is 22.1. The fourth-order valence-electron chi connectivity index (χ4n) is 3.62. The number of nitrogens with one attached hydrogen (secondary N) is 1. The van der Waals surface area contributed by atoms with Gasteiger partial charge in [0.05, 0.1) is 23.4 Å². The Hall–Kier alpha value is -3.04. The molecule has 9 heteroatoms. The molecule has 1 aliphatic rings. The molecule has 4 rings (SSSR count). The van der Waals surface area contributed by atoms with Crippen LogP contribution >= 0.6 is 0 Å². The predicted molar refractivity (Wildman–Crippen MR) is 120 cm³/mol. The Bertz CT molecular complexity index is 1310. The minimum absolute atomic E-state index is 0.00369. The highest BCUT2D eigenvalue weighted by atomic mass is 32.2. The van der Waals surface area contributed by atoms with Gasteiger partial charge in [-0.15, -0.1) is 0 Å². The second kappa shape index (κ2) is 8.24. The van der Waals surface area contributed by atoms with E-state index in [9.17, 15) is 16.8 Å². The lowest BCUT2D eigenvalue weighted by Crippen LogP contribution is -2.35. The van der Waals surface area contributed by atoms with Crippen molar-refractivity contribution >= 4 is 31.4 Å². The first-order valence-corrected chi connectivity index (χ1v) is 12.6. The predicted octanol–water partition coefficient (Wildman–Crippen LogP) is 3.64. The third-order valence-electron chi connectivity index (χ3n) is 5.10. The number of anilines is 2. The summed E-state index contributed by atoms with van der Waals surface area (Å²) < 4.78 is 61.4. The Morgan fingerprint density at radius 3 is 2.35 bits per heavy atom. The number of para-hydroxylation sites is 1. The molecule has 0 aromatic heterocycles. The van der Waals surface area contributed by atoms with E-state index in [4.69, 9.17) is 4.74 Å². The van der Waals surface area contributed by atoms with Crippen molar-refractivity contribution in [1.82, 2.24) is 0 Å². The van der Waals surface area contributed by atoms with Gasteiger partial charge >= 0.3 is 0 Å². The molecule has 162 valence electrons. The molecule has 3 aromatic carbocycles. The summed E-state index contributed by atoms with van der Waals surface area (Å²) in [6.07, 6.45) is 1.40. The molecule has 0 fully saturated rings. The number of aryl methyl sites for hydroxylation is 1. The van der Waals surface area contributed by atoms with Crippen LogP contribution in [0.25, 0.3) is 0 Å². The molecule has 0 amide bonds. The number of benzene rings is 3. The van der Waals surface area contributed by atoms with Gasteiger partial charge in [0.1, 0.15) is 10.6 Å². The summed E-state index contributed by atoms with van der Waals surface area (Å²) in [6, 6.07) is 19.5. The van der Waals surface area contributed by atoms with Crippen molar-refractivity contribution in [1.29, 1.82) is 0 Å². The quantitative estimate of drug-likeness (QED) is 0.609. The van der Waals surface area contributed by atoms with Crippen LogP contribution in [0.3, 0.4) is 0 Å². The van der Waals surface area contributed by atoms with Gasteiger partial charge in [-0.25, -0.2) is 16.8 Å². The van der Waals surface area contributed by atoms with Crippen molar-refractivity contribution in [2.24, 2.45) is 0 Å². The SMILES string of the molecule is COc1ccccc1S(=O)(=O)Nc1ccc2c(c1)N(S(=O)(=O)c1ccccc1)CCC2. The first-order valence-electron chi connectivity index (χ1n) is 9.69. The van der Waals surface area contributed by atoms with Gasteiger partial charge in [-0.1, -0.05) is 36.4 Å². The van der Waals surface area contributed by atoms with Crippen LogP contribution < -0.4 is 13.8 Å². The molecule has 0 unspecified atom stereocenters. The number of hydrogen-bond acceptors (Lipinski definition) is 5. The van der Waals surface area contributed by atoms with Gasteiger partial charge < -0.3 is 4.74 Å². The van der Waals surface area contributed by atoms with Gasteiger partial charge in [0.2, 0.25) is 0 Å². The lowest BCUT2D eigenvalue weighted by atomic mass is 10.0. The van der Waals surface area contributed by atoms with E-state index in [1.165, 1.54) is 17.5 Å². The maximum Gasteiger partial charge on any atom is 0.265 e. The Morgan fingerprint density at radius 1 is 0.903 bits per heavy atom. The van der Waals surface area contributed by atoms with Crippen molar-refractivity contribution in [3.63, 3.8) is 0 Å². The number of sulfonamides is 2. The summed E-state index contributed by atoms with van der Waals surface area (Å²) in [5.74, 6) is 0.223. The molecular weight excluding hydrogens is 436 g/mol. The summed E-state index contributed by atoms with van der Waals surface area (Å²) in [7, 11) is -6.29. The summed E-state index contributed by atoms with van der Waals surface area (Å²) in [6.45, 7) is 0.326. The van der Waals surface area contributed by atoms with Crippen molar-refractivity contribution in [2.45, 2.75) is 22.6 Å². The van der Waals surface area contributed by atoms with Crippen LogP contribution in [0.15, 0.2) is 82.6 Å². The molecule has 1 aliphatic heterocycles. The minimum atomic E-state index is -3.93. The van der Waals surface area contributed by atoms with Gasteiger partial charge in [0.15, 0.2) is 0 Å². The van der Waals surface area contributed by atoms with Crippen LogP contribution in [0.4, 0.5) is 11.4 Å². The highest BCUT2D eigenvalue weighted by Crippen LogP contribution is 2.35. The van der Waals surface area contributed by atoms with Gasteiger partial charge in [-0.2, -0.15) is 0 Å². The van der Waals surface area contributed by atoms with E-state index < -0.39 is 20.0 Å². The molecular formula is C22H22N2O5S2. The number of rotatable bonds is 6. The molecule has 1 N–H and O–H groups in total. The maximum absolute atomic E-state index is 13.2. The van der Waals surface area contributed by atoms with Crippen LogP contribution in [0, 0.1) is 0 Å². The van der Waals surface area contributed by atoms with E-state index >= 15 is 0 Å². The van der Waals surface area contributed by atoms with Crippen LogP contribution in [0.5, 0.6) is 5.75 Å². The summed E-state index contributed by atoms with van der Waals surface area (Å²) in [5.41, 5.74) is 1.61. The molecule has 0 radical (unpaired) electrons. The number of methoxy groups -OCH3 is 1. The highest BCUT2D eigenvalue weighted by Gasteiger charge is 2.29. The second-order valence-corrected chi connectivity index (χ2v) is 10.6. The summed E-state index contributed by atoms with van der Waals surface area (Å²) in [5, 5.41) is 0. The molecule has 31 heavy (non-hydrogen) atoms. The number of fused-ring (bicyclic) bond motifs is 1. The van der Waals surface area contributed by atoms with Crippen LogP contribution in [-0.4, -0.2) is 30.5 Å². The van der Waals surface area contributed by atoms with Gasteiger partial charge in [-0.05, 0) is 54.8 Å². The second-order valence-electron chi connectivity index (χ2n) is 7.09. The Morgan fingerprint density at radius 2 is 1.61 bits per heavy atom. The first kappa shape index (κ1) is 21.2. The number of hydrogen-bond donors (Lipinski definition) is 1. The average molecular weight is 459 g/mol. The van der Waals surface area contributed by atoms with E-state index in [1.807, 2.05) is 0 Å². The first-order chi connectivity index (χ1) is 14.8. The normalized spacial score (nSPS) is 14.0. The fourth-order valence-corrected chi connectivity index (χ4v) is 6.40. The van der Waals surface area contributed by atoms with E-state index in [1.54, 1.807) is 66.7 Å². The number of nitrogens with zero attached hydrogens (tertiary/aromatic N) is 1. The average Bonchev–Trinajstić information content (AvgIpc) is 2.79. The lowest BCUT2D eigenvalue weighted by Gasteiger charge is -2.31. The highest BCUT2D eigenvalue weighted by molar-refractivity contribution is 7.93. The van der Waals surface area contributed by atoms with Crippen LogP contribution in [0.2, 0.25) is 0 Å². The Kier molecular flexibility index (Phi) is 5.63. The summed E-state index contributed by atoms with van der Waals surface area (Å²) >= 11 is 0. The molecule has 0 spiro atoms. The third kappa shape index (κ3) is 4.11. The van der Waals surface area contributed by atoms with Crippen molar-refractivity contribution in [3.8, 4) is 5.75 Å². The summed E-state index contributed by atoms with van der Waals surface area (Å²) in [4.78, 5) is 0.201. The largest absolute Gasteiger partial charge is 0.495 e. The zero-order valence-corrected chi connectivity index (χ0v) is 18.5. The molecule has 3 aromatic rings. The topological polar surface area (TPSA) is 92.8 Å². The van der Waals surface area contributed by atoms with E-state index in [-0.39, 0.29) is 21.2 Å². The molecule has 7 nitrogen and oxygen atoms in total.